The van der Waals surface area contributed by atoms with Crippen molar-refractivity contribution in [1.29, 1.82) is 0 Å². The van der Waals surface area contributed by atoms with E-state index in [2.05, 4.69) is 0 Å². The Balaban J connectivity index is 2.61. The number of para-hydroxylation sites is 1. The minimum atomic E-state index is -0.986. The van der Waals surface area contributed by atoms with E-state index in [1.807, 2.05) is 36.6 Å². The minimum Gasteiger partial charge on any atom is -0.495 e. The predicted molar refractivity (Wildman–Crippen MR) is 77.2 cm³/mol. The van der Waals surface area contributed by atoms with Crippen LogP contribution >= 0.6 is 11.8 Å². The highest BCUT2D eigenvalue weighted by atomic mass is 32.2. The van der Waals surface area contributed by atoms with Crippen LogP contribution in [0.25, 0.3) is 11.1 Å². The van der Waals surface area contributed by atoms with Gasteiger partial charge in [-0.3, -0.25) is 0 Å². The van der Waals surface area contributed by atoms with E-state index in [1.165, 1.54) is 7.11 Å². The number of methoxy groups -OCH3 is 1. The van der Waals surface area contributed by atoms with Gasteiger partial charge in [0.1, 0.15) is 11.3 Å². The molecule has 1 N–H and O–H groups in total. The quantitative estimate of drug-likeness (QED) is 0.862. The van der Waals surface area contributed by atoms with E-state index < -0.39 is 5.97 Å². The molecular formula is C15H14O3S. The number of ether oxygens (including phenoxy) is 1. The third kappa shape index (κ3) is 2.74. The van der Waals surface area contributed by atoms with Crippen molar-refractivity contribution >= 4 is 17.7 Å². The lowest BCUT2D eigenvalue weighted by molar-refractivity contribution is 0.0693. The number of benzene rings is 2. The monoisotopic (exact) mass is 274 g/mol. The lowest BCUT2D eigenvalue weighted by Crippen LogP contribution is -2.01. The second-order valence-electron chi connectivity index (χ2n) is 3.92. The number of aromatic carboxylic acids is 1. The van der Waals surface area contributed by atoms with Gasteiger partial charge in [-0.05, 0) is 30.0 Å². The zero-order chi connectivity index (χ0) is 13.8. The van der Waals surface area contributed by atoms with E-state index in [0.29, 0.717) is 5.75 Å². The van der Waals surface area contributed by atoms with Crippen molar-refractivity contribution in [2.45, 2.75) is 4.90 Å². The molecular weight excluding hydrogens is 260 g/mol. The van der Waals surface area contributed by atoms with Gasteiger partial charge in [0, 0.05) is 10.5 Å². The number of carbonyl (C=O) groups is 1. The molecule has 0 atom stereocenters. The highest BCUT2D eigenvalue weighted by Gasteiger charge is 2.15. The normalized spacial score (nSPS) is 10.2. The summed E-state index contributed by atoms with van der Waals surface area (Å²) in [7, 11) is 1.49. The van der Waals surface area contributed by atoms with Crippen LogP contribution < -0.4 is 4.74 Å². The topological polar surface area (TPSA) is 46.5 Å². The van der Waals surface area contributed by atoms with Gasteiger partial charge < -0.3 is 9.84 Å². The Morgan fingerprint density at radius 1 is 1.21 bits per heavy atom. The first-order valence-electron chi connectivity index (χ1n) is 5.72. The van der Waals surface area contributed by atoms with Crippen LogP contribution in [0.5, 0.6) is 5.75 Å². The molecule has 0 aliphatic carbocycles. The molecule has 2 rings (SSSR count). The molecule has 0 unspecified atom stereocenters. The van der Waals surface area contributed by atoms with Crippen molar-refractivity contribution in [3.05, 3.63) is 48.0 Å². The van der Waals surface area contributed by atoms with Crippen LogP contribution in [0.2, 0.25) is 0 Å². The Hall–Kier alpha value is -1.94. The zero-order valence-corrected chi connectivity index (χ0v) is 11.5. The Labute approximate surface area is 116 Å². The van der Waals surface area contributed by atoms with Crippen molar-refractivity contribution in [1.82, 2.24) is 0 Å². The lowest BCUT2D eigenvalue weighted by atomic mass is 10.0. The molecule has 98 valence electrons. The van der Waals surface area contributed by atoms with Gasteiger partial charge in [0.2, 0.25) is 0 Å². The van der Waals surface area contributed by atoms with Crippen LogP contribution in [0.15, 0.2) is 47.4 Å². The second kappa shape index (κ2) is 5.80. The fourth-order valence-corrected chi connectivity index (χ4v) is 2.40. The Kier molecular flexibility index (Phi) is 4.12. The lowest BCUT2D eigenvalue weighted by Gasteiger charge is -2.12. The van der Waals surface area contributed by atoms with Gasteiger partial charge in [0.15, 0.2) is 0 Å². The average molecular weight is 274 g/mol. The van der Waals surface area contributed by atoms with Crippen molar-refractivity contribution in [3.8, 4) is 16.9 Å². The molecule has 0 bridgehead atoms. The first kappa shape index (κ1) is 13.5. The maximum atomic E-state index is 11.2. The maximum Gasteiger partial charge on any atom is 0.339 e. The standard InChI is InChI=1S/C15H14O3S/c1-18-14-12(7-4-8-13(14)15(16)17)10-5-3-6-11(9-10)19-2/h3-9H,1-2H3,(H,16,17). The number of rotatable bonds is 4. The van der Waals surface area contributed by atoms with Crippen molar-refractivity contribution in [2.24, 2.45) is 0 Å². The highest BCUT2D eigenvalue weighted by Crippen LogP contribution is 2.34. The highest BCUT2D eigenvalue weighted by molar-refractivity contribution is 7.98. The zero-order valence-electron chi connectivity index (χ0n) is 10.7. The molecule has 0 saturated carbocycles. The summed E-state index contributed by atoms with van der Waals surface area (Å²) in [4.78, 5) is 12.3. The smallest absolute Gasteiger partial charge is 0.339 e. The SMILES string of the molecule is COc1c(C(=O)O)cccc1-c1cccc(SC)c1. The first-order valence-corrected chi connectivity index (χ1v) is 6.94. The summed E-state index contributed by atoms with van der Waals surface area (Å²) in [6.45, 7) is 0. The van der Waals surface area contributed by atoms with Crippen LogP contribution in [0.4, 0.5) is 0 Å². The van der Waals surface area contributed by atoms with Crippen LogP contribution in [0.3, 0.4) is 0 Å². The number of carboxylic acids is 1. The molecule has 2 aromatic rings. The molecule has 0 fully saturated rings. The molecule has 0 heterocycles. The van der Waals surface area contributed by atoms with Crippen LogP contribution in [0, 0.1) is 0 Å². The fourth-order valence-electron chi connectivity index (χ4n) is 1.94. The molecule has 4 heteroatoms. The van der Waals surface area contributed by atoms with Gasteiger partial charge in [-0.25, -0.2) is 4.79 Å². The molecule has 0 aromatic heterocycles. The molecule has 0 spiro atoms. The molecule has 19 heavy (non-hydrogen) atoms. The van der Waals surface area contributed by atoms with E-state index in [4.69, 9.17) is 4.74 Å². The van der Waals surface area contributed by atoms with Gasteiger partial charge in [-0.1, -0.05) is 24.3 Å². The summed E-state index contributed by atoms with van der Waals surface area (Å²) in [6, 6.07) is 13.1. The van der Waals surface area contributed by atoms with Crippen molar-refractivity contribution in [2.75, 3.05) is 13.4 Å². The van der Waals surface area contributed by atoms with E-state index in [-0.39, 0.29) is 5.56 Å². The van der Waals surface area contributed by atoms with Crippen LogP contribution in [-0.2, 0) is 0 Å². The first-order chi connectivity index (χ1) is 9.17. The Morgan fingerprint density at radius 2 is 1.95 bits per heavy atom. The van der Waals surface area contributed by atoms with Gasteiger partial charge in [-0.15, -0.1) is 11.8 Å². The summed E-state index contributed by atoms with van der Waals surface area (Å²) in [6.07, 6.45) is 2.00. The average Bonchev–Trinajstić information content (AvgIpc) is 2.46. The number of thioether (sulfide) groups is 1. The van der Waals surface area contributed by atoms with Gasteiger partial charge >= 0.3 is 5.97 Å². The van der Waals surface area contributed by atoms with Gasteiger partial charge in [0.05, 0.1) is 7.11 Å². The summed E-state index contributed by atoms with van der Waals surface area (Å²) >= 11 is 1.64. The summed E-state index contributed by atoms with van der Waals surface area (Å²) in [5.41, 5.74) is 1.92. The van der Waals surface area contributed by atoms with Crippen LogP contribution in [-0.4, -0.2) is 24.4 Å². The number of hydrogen-bond donors (Lipinski definition) is 1. The number of carboxylic acid groups (broad SMARTS) is 1. The maximum absolute atomic E-state index is 11.2. The predicted octanol–water partition coefficient (Wildman–Crippen LogP) is 3.78. The molecule has 3 nitrogen and oxygen atoms in total. The molecule has 0 aliphatic rings. The van der Waals surface area contributed by atoms with E-state index in [9.17, 15) is 9.90 Å². The molecule has 0 saturated heterocycles. The van der Waals surface area contributed by atoms with Gasteiger partial charge in [-0.2, -0.15) is 0 Å². The second-order valence-corrected chi connectivity index (χ2v) is 4.80. The molecule has 2 aromatic carbocycles. The molecule has 0 amide bonds. The summed E-state index contributed by atoms with van der Waals surface area (Å²) < 4.78 is 5.28. The minimum absolute atomic E-state index is 0.176. The van der Waals surface area contributed by atoms with Gasteiger partial charge in [0.25, 0.3) is 0 Å². The Bertz CT molecular complexity index is 608. The third-order valence-electron chi connectivity index (χ3n) is 2.83. The summed E-state index contributed by atoms with van der Waals surface area (Å²) in [5.74, 6) is -0.590. The third-order valence-corrected chi connectivity index (χ3v) is 3.56. The number of hydrogen-bond acceptors (Lipinski definition) is 3. The Morgan fingerprint density at radius 3 is 2.58 bits per heavy atom. The molecule has 0 aliphatic heterocycles. The molecule has 0 radical (unpaired) electrons. The van der Waals surface area contributed by atoms with E-state index >= 15 is 0 Å². The van der Waals surface area contributed by atoms with Crippen LogP contribution in [0.1, 0.15) is 10.4 Å². The summed E-state index contributed by atoms with van der Waals surface area (Å²) in [5, 5.41) is 9.18. The van der Waals surface area contributed by atoms with E-state index in [0.717, 1.165) is 16.0 Å². The largest absolute Gasteiger partial charge is 0.495 e. The fraction of sp³-hybridized carbons (Fsp3) is 0.133. The van der Waals surface area contributed by atoms with Crippen molar-refractivity contribution in [3.63, 3.8) is 0 Å². The van der Waals surface area contributed by atoms with E-state index in [1.54, 1.807) is 23.9 Å². The van der Waals surface area contributed by atoms with Crippen molar-refractivity contribution < 1.29 is 14.6 Å².